The van der Waals surface area contributed by atoms with E-state index in [0.29, 0.717) is 6.54 Å². The van der Waals surface area contributed by atoms with Crippen LogP contribution in [0.1, 0.15) is 22.3 Å². The van der Waals surface area contributed by atoms with Gasteiger partial charge < -0.3 is 15.2 Å². The smallest absolute Gasteiger partial charge is 0.421 e. The topological polar surface area (TPSA) is 76.4 Å². The molecule has 2 N–H and O–H groups in total. The molecule has 0 atom stereocenters. The predicted octanol–water partition coefficient (Wildman–Crippen LogP) is 4.00. The number of aryl methyl sites for hydroxylation is 2. The fraction of sp³-hybridized carbons (Fsp3) is 0.200. The van der Waals surface area contributed by atoms with Gasteiger partial charge >= 0.3 is 6.09 Å². The zero-order valence-corrected chi connectivity index (χ0v) is 14.8. The average molecular weight is 351 g/mol. The quantitative estimate of drug-likeness (QED) is 0.726. The van der Waals surface area contributed by atoms with Crippen LogP contribution >= 0.6 is 0 Å². The summed E-state index contributed by atoms with van der Waals surface area (Å²) >= 11 is 0. The van der Waals surface area contributed by atoms with Gasteiger partial charge in [-0.25, -0.2) is 9.36 Å². The van der Waals surface area contributed by atoms with Crippen molar-refractivity contribution >= 4 is 12.0 Å². The average Bonchev–Trinajstić information content (AvgIpc) is 3.00. The minimum atomic E-state index is -0.607. The first kappa shape index (κ1) is 17.5. The van der Waals surface area contributed by atoms with E-state index in [1.807, 2.05) is 56.3 Å². The molecular weight excluding hydrogens is 330 g/mol. The summed E-state index contributed by atoms with van der Waals surface area (Å²) < 4.78 is 6.46. The molecular formula is C20H21N3O3. The second-order valence-electron chi connectivity index (χ2n) is 6.12. The van der Waals surface area contributed by atoms with E-state index >= 15 is 0 Å². The van der Waals surface area contributed by atoms with Gasteiger partial charge in [0.25, 0.3) is 0 Å². The lowest BCUT2D eigenvalue weighted by Gasteiger charge is -2.11. The molecule has 0 amide bonds. The molecule has 3 rings (SSSR count). The van der Waals surface area contributed by atoms with Crippen LogP contribution in [0.2, 0.25) is 0 Å². The monoisotopic (exact) mass is 351 g/mol. The molecule has 134 valence electrons. The van der Waals surface area contributed by atoms with Crippen LogP contribution in [-0.4, -0.2) is 20.8 Å². The van der Waals surface area contributed by atoms with Crippen LogP contribution < -0.4 is 5.32 Å². The molecule has 1 aromatic heterocycles. The van der Waals surface area contributed by atoms with E-state index in [-0.39, 0.29) is 18.4 Å². The van der Waals surface area contributed by atoms with Gasteiger partial charge in [0.2, 0.25) is 11.8 Å². The van der Waals surface area contributed by atoms with Gasteiger partial charge in [-0.2, -0.15) is 4.98 Å². The van der Waals surface area contributed by atoms with Crippen LogP contribution in [0.15, 0.2) is 54.7 Å². The maximum Gasteiger partial charge on any atom is 0.421 e. The van der Waals surface area contributed by atoms with E-state index in [4.69, 9.17) is 4.74 Å². The Morgan fingerprint density at radius 2 is 1.96 bits per heavy atom. The lowest BCUT2D eigenvalue weighted by Crippen LogP contribution is -2.16. The highest BCUT2D eigenvalue weighted by molar-refractivity contribution is 5.74. The normalized spacial score (nSPS) is 10.5. The summed E-state index contributed by atoms with van der Waals surface area (Å²) in [5.74, 6) is -0.00896. The highest BCUT2D eigenvalue weighted by Gasteiger charge is 2.15. The van der Waals surface area contributed by atoms with E-state index in [0.717, 1.165) is 16.7 Å². The van der Waals surface area contributed by atoms with Crippen molar-refractivity contribution in [3.63, 3.8) is 0 Å². The van der Waals surface area contributed by atoms with Gasteiger partial charge in [0.1, 0.15) is 6.61 Å². The first-order chi connectivity index (χ1) is 12.5. The van der Waals surface area contributed by atoms with Crippen molar-refractivity contribution < 1.29 is 14.6 Å². The van der Waals surface area contributed by atoms with Gasteiger partial charge in [0, 0.05) is 6.54 Å². The van der Waals surface area contributed by atoms with Crippen molar-refractivity contribution in [1.82, 2.24) is 9.55 Å². The van der Waals surface area contributed by atoms with Crippen molar-refractivity contribution in [3.8, 4) is 5.88 Å². The molecule has 0 fully saturated rings. The lowest BCUT2D eigenvalue weighted by atomic mass is 10.1. The van der Waals surface area contributed by atoms with Crippen LogP contribution in [0.5, 0.6) is 5.88 Å². The zero-order valence-electron chi connectivity index (χ0n) is 14.8. The molecule has 0 saturated carbocycles. The number of benzene rings is 2. The van der Waals surface area contributed by atoms with E-state index < -0.39 is 6.09 Å². The van der Waals surface area contributed by atoms with E-state index in [1.165, 1.54) is 16.3 Å². The van der Waals surface area contributed by atoms with Gasteiger partial charge in [-0.1, -0.05) is 54.1 Å². The van der Waals surface area contributed by atoms with Gasteiger partial charge in [-0.15, -0.1) is 0 Å². The number of rotatable bonds is 5. The number of nitrogens with zero attached hydrogens (tertiary/aromatic N) is 2. The molecule has 0 aliphatic carbocycles. The van der Waals surface area contributed by atoms with Crippen LogP contribution in [0.25, 0.3) is 0 Å². The number of imidazole rings is 1. The summed E-state index contributed by atoms with van der Waals surface area (Å²) in [5, 5.41) is 12.8. The molecule has 0 bridgehead atoms. The number of nitrogens with one attached hydrogen (secondary N) is 1. The minimum absolute atomic E-state index is 0.148. The maximum absolute atomic E-state index is 12.3. The number of ether oxygens (including phenoxy) is 1. The molecule has 26 heavy (non-hydrogen) atoms. The highest BCUT2D eigenvalue weighted by atomic mass is 16.5. The Kier molecular flexibility index (Phi) is 5.22. The second kappa shape index (κ2) is 7.74. The van der Waals surface area contributed by atoms with E-state index in [2.05, 4.69) is 16.4 Å². The molecule has 0 spiro atoms. The van der Waals surface area contributed by atoms with Crippen LogP contribution in [0, 0.1) is 13.8 Å². The Bertz CT molecular complexity index is 904. The van der Waals surface area contributed by atoms with Crippen molar-refractivity contribution in [2.45, 2.75) is 27.0 Å². The number of aromatic hydroxyl groups is 1. The zero-order chi connectivity index (χ0) is 18.5. The molecule has 6 heteroatoms. The van der Waals surface area contributed by atoms with Gasteiger partial charge in [-0.3, -0.25) is 0 Å². The molecule has 0 radical (unpaired) electrons. The molecule has 1 heterocycles. The van der Waals surface area contributed by atoms with Gasteiger partial charge in [0.05, 0.1) is 6.20 Å². The summed E-state index contributed by atoms with van der Waals surface area (Å²) in [6.07, 6.45) is 0.627. The third-order valence-electron chi connectivity index (χ3n) is 4.03. The SMILES string of the molecule is Cc1ccc(CNc2nc(O)cn2C(=O)OCc2ccccc2)c(C)c1. The Labute approximate surface area is 152 Å². The number of carbonyl (C=O) groups is 1. The third kappa shape index (κ3) is 4.22. The largest absolute Gasteiger partial charge is 0.492 e. The summed E-state index contributed by atoms with van der Waals surface area (Å²) in [4.78, 5) is 16.3. The third-order valence-corrected chi connectivity index (χ3v) is 4.03. The van der Waals surface area contributed by atoms with Crippen LogP contribution in [0.4, 0.5) is 10.7 Å². The van der Waals surface area contributed by atoms with Crippen molar-refractivity contribution in [2.24, 2.45) is 0 Å². The maximum atomic E-state index is 12.3. The Hall–Kier alpha value is -3.28. The number of carbonyl (C=O) groups excluding carboxylic acids is 1. The Morgan fingerprint density at radius 1 is 1.19 bits per heavy atom. The highest BCUT2D eigenvalue weighted by Crippen LogP contribution is 2.17. The van der Waals surface area contributed by atoms with E-state index in [1.54, 1.807) is 0 Å². The van der Waals surface area contributed by atoms with Crippen molar-refractivity contribution in [2.75, 3.05) is 5.32 Å². The summed E-state index contributed by atoms with van der Waals surface area (Å²) in [6.45, 7) is 4.70. The lowest BCUT2D eigenvalue weighted by molar-refractivity contribution is 0.141. The van der Waals surface area contributed by atoms with Crippen molar-refractivity contribution in [3.05, 3.63) is 77.0 Å². The summed E-state index contributed by atoms with van der Waals surface area (Å²) in [6, 6.07) is 15.5. The molecule has 6 nitrogen and oxygen atoms in total. The van der Waals surface area contributed by atoms with Gasteiger partial charge in [0.15, 0.2) is 0 Å². The summed E-state index contributed by atoms with van der Waals surface area (Å²) in [5.41, 5.74) is 4.30. The number of anilines is 1. The fourth-order valence-electron chi connectivity index (χ4n) is 2.64. The van der Waals surface area contributed by atoms with Crippen LogP contribution in [0.3, 0.4) is 0 Å². The molecule has 0 saturated heterocycles. The Morgan fingerprint density at radius 3 is 2.69 bits per heavy atom. The van der Waals surface area contributed by atoms with Gasteiger partial charge in [-0.05, 0) is 30.5 Å². The Balaban J connectivity index is 1.68. The first-order valence-corrected chi connectivity index (χ1v) is 8.32. The summed E-state index contributed by atoms with van der Waals surface area (Å²) in [7, 11) is 0. The molecule has 0 unspecified atom stereocenters. The second-order valence-corrected chi connectivity index (χ2v) is 6.12. The van der Waals surface area contributed by atoms with Crippen molar-refractivity contribution in [1.29, 1.82) is 0 Å². The minimum Gasteiger partial charge on any atom is -0.492 e. The van der Waals surface area contributed by atoms with Crippen LogP contribution in [-0.2, 0) is 17.9 Å². The fourth-order valence-corrected chi connectivity index (χ4v) is 2.64. The number of hydrogen-bond acceptors (Lipinski definition) is 5. The predicted molar refractivity (Wildman–Crippen MR) is 99.2 cm³/mol. The number of hydrogen-bond donors (Lipinski definition) is 2. The standard InChI is InChI=1S/C20H21N3O3/c1-14-8-9-17(15(2)10-14)11-21-19-22-18(24)12-23(19)20(25)26-13-16-6-4-3-5-7-16/h3-10,12,24H,11,13H2,1-2H3,(H,21,22). The first-order valence-electron chi connectivity index (χ1n) is 8.32. The molecule has 0 aliphatic heterocycles. The molecule has 2 aromatic carbocycles. The van der Waals surface area contributed by atoms with E-state index in [9.17, 15) is 9.90 Å². The molecule has 0 aliphatic rings. The molecule has 3 aromatic rings. The number of aromatic nitrogens is 2.